The number of benzene rings is 1. The zero-order valence-corrected chi connectivity index (χ0v) is 9.27. The maximum atomic E-state index is 13.4. The maximum Gasteiger partial charge on any atom is 0.256 e. The summed E-state index contributed by atoms with van der Waals surface area (Å²) in [5.41, 5.74) is 5.74. The van der Waals surface area contributed by atoms with Crippen LogP contribution in [0.15, 0.2) is 18.2 Å². The molecular formula is C11H15FN2O2. The zero-order chi connectivity index (χ0) is 12.3. The van der Waals surface area contributed by atoms with Gasteiger partial charge in [-0.2, -0.15) is 0 Å². The first-order valence-electron chi connectivity index (χ1n) is 4.90. The molecule has 1 aromatic rings. The van der Waals surface area contributed by atoms with Crippen LogP contribution in [-0.2, 0) is 0 Å². The third-order valence-corrected chi connectivity index (χ3v) is 2.47. The van der Waals surface area contributed by atoms with E-state index in [0.29, 0.717) is 5.69 Å². The van der Waals surface area contributed by atoms with Crippen molar-refractivity contribution in [2.24, 2.45) is 0 Å². The van der Waals surface area contributed by atoms with Gasteiger partial charge in [0.05, 0.1) is 18.2 Å². The van der Waals surface area contributed by atoms with Crippen molar-refractivity contribution in [3.8, 4) is 0 Å². The van der Waals surface area contributed by atoms with E-state index in [4.69, 9.17) is 10.8 Å². The monoisotopic (exact) mass is 226 g/mol. The Morgan fingerprint density at radius 2 is 2.25 bits per heavy atom. The van der Waals surface area contributed by atoms with E-state index in [1.165, 1.54) is 24.1 Å². The third kappa shape index (κ3) is 2.49. The Morgan fingerprint density at radius 3 is 2.81 bits per heavy atom. The average molecular weight is 226 g/mol. The van der Waals surface area contributed by atoms with E-state index in [1.807, 2.05) is 0 Å². The Kier molecular flexibility index (Phi) is 3.84. The van der Waals surface area contributed by atoms with E-state index >= 15 is 0 Å². The van der Waals surface area contributed by atoms with Crippen molar-refractivity contribution in [1.82, 2.24) is 4.90 Å². The summed E-state index contributed by atoms with van der Waals surface area (Å²) in [6, 6.07) is 3.47. The normalized spacial score (nSPS) is 12.2. The molecule has 0 radical (unpaired) electrons. The van der Waals surface area contributed by atoms with Crippen molar-refractivity contribution in [3.63, 3.8) is 0 Å². The van der Waals surface area contributed by atoms with Gasteiger partial charge in [0.15, 0.2) is 0 Å². The number of nitrogens with two attached hydrogens (primary N) is 1. The molecule has 0 saturated carbocycles. The van der Waals surface area contributed by atoms with Crippen molar-refractivity contribution in [3.05, 3.63) is 29.6 Å². The lowest BCUT2D eigenvalue weighted by Gasteiger charge is -2.23. The highest BCUT2D eigenvalue weighted by Gasteiger charge is 2.20. The number of nitrogens with zero attached hydrogens (tertiary/aromatic N) is 1. The second-order valence-corrected chi connectivity index (χ2v) is 3.69. The lowest BCUT2D eigenvalue weighted by molar-refractivity contribution is 0.0677. The Labute approximate surface area is 93.5 Å². The van der Waals surface area contributed by atoms with E-state index in [2.05, 4.69) is 0 Å². The molecule has 88 valence electrons. The van der Waals surface area contributed by atoms with E-state index in [1.54, 1.807) is 6.92 Å². The maximum absolute atomic E-state index is 13.4. The molecule has 0 aromatic heterocycles. The number of rotatable bonds is 3. The molecular weight excluding hydrogens is 211 g/mol. The minimum Gasteiger partial charge on any atom is -0.399 e. The minimum atomic E-state index is -0.615. The molecule has 0 spiro atoms. The quantitative estimate of drug-likeness (QED) is 0.751. The van der Waals surface area contributed by atoms with Crippen LogP contribution in [0.25, 0.3) is 0 Å². The molecule has 0 heterocycles. The molecule has 1 unspecified atom stereocenters. The van der Waals surface area contributed by atoms with Crippen LogP contribution in [-0.4, -0.2) is 35.6 Å². The number of aliphatic hydroxyl groups is 1. The molecule has 1 aromatic carbocycles. The van der Waals surface area contributed by atoms with Gasteiger partial charge < -0.3 is 15.7 Å². The summed E-state index contributed by atoms with van der Waals surface area (Å²) in [6.07, 6.45) is 0. The number of halogens is 1. The van der Waals surface area contributed by atoms with Gasteiger partial charge in [0, 0.05) is 12.7 Å². The molecule has 16 heavy (non-hydrogen) atoms. The van der Waals surface area contributed by atoms with E-state index in [-0.39, 0.29) is 18.2 Å². The number of amides is 1. The molecule has 1 amide bonds. The Morgan fingerprint density at radius 1 is 1.62 bits per heavy atom. The second kappa shape index (κ2) is 4.94. The topological polar surface area (TPSA) is 66.6 Å². The summed E-state index contributed by atoms with van der Waals surface area (Å²) in [6.45, 7) is 1.49. The van der Waals surface area contributed by atoms with Gasteiger partial charge in [-0.3, -0.25) is 4.79 Å². The van der Waals surface area contributed by atoms with E-state index in [9.17, 15) is 9.18 Å². The Bertz CT molecular complexity index is 396. The number of likely N-dealkylation sites (N-methyl/N-ethyl adjacent to an activating group) is 1. The van der Waals surface area contributed by atoms with Crippen LogP contribution in [0.4, 0.5) is 10.1 Å². The van der Waals surface area contributed by atoms with Gasteiger partial charge in [-0.25, -0.2) is 4.39 Å². The summed E-state index contributed by atoms with van der Waals surface area (Å²) in [5.74, 6) is -1.11. The van der Waals surface area contributed by atoms with Crippen LogP contribution < -0.4 is 5.73 Å². The van der Waals surface area contributed by atoms with Crippen LogP contribution >= 0.6 is 0 Å². The highest BCUT2D eigenvalue weighted by atomic mass is 19.1. The van der Waals surface area contributed by atoms with Crippen molar-refractivity contribution in [2.75, 3.05) is 19.4 Å². The fourth-order valence-electron chi connectivity index (χ4n) is 1.22. The van der Waals surface area contributed by atoms with Crippen LogP contribution in [0.2, 0.25) is 0 Å². The number of aliphatic hydroxyl groups excluding tert-OH is 1. The Hall–Kier alpha value is -1.62. The summed E-state index contributed by atoms with van der Waals surface area (Å²) >= 11 is 0. The van der Waals surface area contributed by atoms with E-state index in [0.717, 1.165) is 6.07 Å². The standard InChI is InChI=1S/C11H15FN2O2/c1-7(6-15)14(2)11(16)9-5-8(13)3-4-10(9)12/h3-5,7,15H,6,13H2,1-2H3. The number of nitrogen functional groups attached to an aromatic ring is 1. The molecule has 0 aliphatic rings. The van der Waals surface area contributed by atoms with Crippen molar-refractivity contribution in [1.29, 1.82) is 0 Å². The van der Waals surface area contributed by atoms with Gasteiger partial charge in [-0.15, -0.1) is 0 Å². The summed E-state index contributed by atoms with van der Waals surface area (Å²) in [4.78, 5) is 13.1. The van der Waals surface area contributed by atoms with Crippen LogP contribution in [0.1, 0.15) is 17.3 Å². The zero-order valence-electron chi connectivity index (χ0n) is 9.27. The van der Waals surface area contributed by atoms with Crippen LogP contribution in [0.3, 0.4) is 0 Å². The van der Waals surface area contributed by atoms with Crippen molar-refractivity contribution in [2.45, 2.75) is 13.0 Å². The minimum absolute atomic E-state index is 0.0807. The number of hydrogen-bond acceptors (Lipinski definition) is 3. The van der Waals surface area contributed by atoms with Crippen molar-refractivity contribution >= 4 is 11.6 Å². The fourth-order valence-corrected chi connectivity index (χ4v) is 1.22. The van der Waals surface area contributed by atoms with Crippen LogP contribution in [0, 0.1) is 5.82 Å². The lowest BCUT2D eigenvalue weighted by Crippen LogP contribution is -2.37. The van der Waals surface area contributed by atoms with Gasteiger partial charge in [0.2, 0.25) is 0 Å². The summed E-state index contributed by atoms with van der Waals surface area (Å²) in [7, 11) is 1.51. The summed E-state index contributed by atoms with van der Waals surface area (Å²) in [5, 5.41) is 8.91. The number of hydrogen-bond donors (Lipinski definition) is 2. The average Bonchev–Trinajstić information content (AvgIpc) is 2.29. The highest BCUT2D eigenvalue weighted by molar-refractivity contribution is 5.95. The molecule has 0 bridgehead atoms. The lowest BCUT2D eigenvalue weighted by atomic mass is 10.1. The third-order valence-electron chi connectivity index (χ3n) is 2.47. The Balaban J connectivity index is 3.00. The van der Waals surface area contributed by atoms with Gasteiger partial charge >= 0.3 is 0 Å². The number of anilines is 1. The summed E-state index contributed by atoms with van der Waals surface area (Å²) < 4.78 is 13.4. The van der Waals surface area contributed by atoms with Gasteiger partial charge in [0.25, 0.3) is 5.91 Å². The fraction of sp³-hybridized carbons (Fsp3) is 0.364. The first kappa shape index (κ1) is 12.4. The molecule has 3 N–H and O–H groups in total. The molecule has 0 saturated heterocycles. The van der Waals surface area contributed by atoms with Gasteiger partial charge in [0.1, 0.15) is 5.82 Å². The smallest absolute Gasteiger partial charge is 0.256 e. The number of carbonyl (C=O) groups excluding carboxylic acids is 1. The molecule has 0 fully saturated rings. The first-order chi connectivity index (χ1) is 7.47. The van der Waals surface area contributed by atoms with E-state index < -0.39 is 11.7 Å². The molecule has 1 atom stereocenters. The SMILES string of the molecule is CC(CO)N(C)C(=O)c1cc(N)ccc1F. The molecule has 1 rings (SSSR count). The highest BCUT2D eigenvalue weighted by Crippen LogP contribution is 2.14. The second-order valence-electron chi connectivity index (χ2n) is 3.69. The number of carbonyl (C=O) groups is 1. The molecule has 5 heteroatoms. The van der Waals surface area contributed by atoms with Gasteiger partial charge in [-0.05, 0) is 25.1 Å². The largest absolute Gasteiger partial charge is 0.399 e. The first-order valence-corrected chi connectivity index (χ1v) is 4.90. The van der Waals surface area contributed by atoms with Crippen LogP contribution in [0.5, 0.6) is 0 Å². The van der Waals surface area contributed by atoms with Gasteiger partial charge in [-0.1, -0.05) is 0 Å². The molecule has 4 nitrogen and oxygen atoms in total. The predicted molar refractivity (Wildman–Crippen MR) is 59.5 cm³/mol. The predicted octanol–water partition coefficient (Wildman–Crippen LogP) is 0.861. The van der Waals surface area contributed by atoms with Crippen molar-refractivity contribution < 1.29 is 14.3 Å². The molecule has 0 aliphatic heterocycles. The molecule has 0 aliphatic carbocycles.